The summed E-state index contributed by atoms with van der Waals surface area (Å²) in [5.41, 5.74) is 1.86. The summed E-state index contributed by atoms with van der Waals surface area (Å²) in [5.74, 6) is -0.0977. The van der Waals surface area contributed by atoms with Crippen molar-refractivity contribution >= 4 is 5.97 Å². The molecule has 1 aromatic rings. The van der Waals surface area contributed by atoms with Crippen LogP contribution in [0.2, 0.25) is 0 Å². The molecule has 1 aromatic carbocycles. The number of piperidine rings is 1. The first-order chi connectivity index (χ1) is 8.58. The molecule has 0 atom stereocenters. The molecule has 0 unspecified atom stereocenters. The van der Waals surface area contributed by atoms with Crippen LogP contribution in [0, 0.1) is 6.92 Å². The zero-order valence-corrected chi connectivity index (χ0v) is 11.4. The Hall–Kier alpha value is -1.35. The predicted molar refractivity (Wildman–Crippen MR) is 71.6 cm³/mol. The van der Waals surface area contributed by atoms with E-state index in [1.54, 1.807) is 0 Å². The Bertz CT molecular complexity index is 417. The van der Waals surface area contributed by atoms with Gasteiger partial charge in [0.25, 0.3) is 0 Å². The lowest BCUT2D eigenvalue weighted by Crippen LogP contribution is -2.46. The van der Waals surface area contributed by atoms with Crippen molar-refractivity contribution in [3.63, 3.8) is 0 Å². The van der Waals surface area contributed by atoms with E-state index in [2.05, 4.69) is 43.1 Å². The Morgan fingerprint density at radius 3 is 2.28 bits per heavy atom. The quantitative estimate of drug-likeness (QED) is 0.750. The van der Waals surface area contributed by atoms with E-state index in [1.165, 1.54) is 12.7 Å². The Morgan fingerprint density at radius 2 is 1.78 bits per heavy atom. The average molecular weight is 247 g/mol. The molecule has 98 valence electrons. The van der Waals surface area contributed by atoms with Gasteiger partial charge >= 0.3 is 5.97 Å². The number of rotatable bonds is 2. The van der Waals surface area contributed by atoms with Crippen LogP contribution in [0.25, 0.3) is 0 Å². The zero-order chi connectivity index (χ0) is 13.2. The van der Waals surface area contributed by atoms with E-state index in [4.69, 9.17) is 4.74 Å². The normalized spacial score (nSPS) is 19.5. The number of likely N-dealkylation sites (tertiary alicyclic amines) is 1. The summed E-state index contributed by atoms with van der Waals surface area (Å²) in [6.45, 7) is 3.93. The summed E-state index contributed by atoms with van der Waals surface area (Å²) in [5, 5.41) is 0. The molecular formula is C15H21NO2. The van der Waals surface area contributed by atoms with Crippen molar-refractivity contribution in [1.82, 2.24) is 4.90 Å². The summed E-state index contributed by atoms with van der Waals surface area (Å²) >= 11 is 0. The minimum atomic E-state index is -0.449. The first-order valence-corrected chi connectivity index (χ1v) is 6.42. The van der Waals surface area contributed by atoms with E-state index in [1.807, 2.05) is 0 Å². The monoisotopic (exact) mass is 247 g/mol. The number of methoxy groups -OCH3 is 1. The van der Waals surface area contributed by atoms with Gasteiger partial charge in [0.05, 0.1) is 12.5 Å². The second-order valence-electron chi connectivity index (χ2n) is 5.24. The first kappa shape index (κ1) is 13.1. The van der Waals surface area contributed by atoms with Gasteiger partial charge in [-0.1, -0.05) is 29.8 Å². The lowest BCUT2D eigenvalue weighted by atomic mass is 9.72. The van der Waals surface area contributed by atoms with E-state index in [0.717, 1.165) is 31.5 Å². The third-order valence-electron chi connectivity index (χ3n) is 4.02. The number of esters is 1. The molecule has 0 saturated carbocycles. The van der Waals surface area contributed by atoms with Gasteiger partial charge in [-0.25, -0.2) is 0 Å². The standard InChI is InChI=1S/C15H21NO2/c1-12-4-6-13(7-5-12)15(14(17)18-3)8-10-16(2)11-9-15/h4-7H,8-11H2,1-3H3. The van der Waals surface area contributed by atoms with Crippen molar-refractivity contribution in [2.24, 2.45) is 0 Å². The van der Waals surface area contributed by atoms with Gasteiger partial charge in [0.15, 0.2) is 0 Å². The lowest BCUT2D eigenvalue weighted by Gasteiger charge is -2.38. The Kier molecular flexibility index (Phi) is 3.71. The molecule has 0 aromatic heterocycles. The van der Waals surface area contributed by atoms with Gasteiger partial charge in [-0.3, -0.25) is 4.79 Å². The van der Waals surface area contributed by atoms with Crippen molar-refractivity contribution in [1.29, 1.82) is 0 Å². The third-order valence-corrected chi connectivity index (χ3v) is 4.02. The molecule has 0 amide bonds. The Morgan fingerprint density at radius 1 is 1.22 bits per heavy atom. The SMILES string of the molecule is COC(=O)C1(c2ccc(C)cc2)CCN(C)CC1. The number of carbonyl (C=O) groups is 1. The molecular weight excluding hydrogens is 226 g/mol. The van der Waals surface area contributed by atoms with E-state index in [-0.39, 0.29) is 5.97 Å². The summed E-state index contributed by atoms with van der Waals surface area (Å²) < 4.78 is 5.06. The van der Waals surface area contributed by atoms with Gasteiger partial charge in [-0.2, -0.15) is 0 Å². The molecule has 1 aliphatic heterocycles. The largest absolute Gasteiger partial charge is 0.468 e. The summed E-state index contributed by atoms with van der Waals surface area (Å²) in [7, 11) is 3.58. The molecule has 0 radical (unpaired) electrons. The number of ether oxygens (including phenoxy) is 1. The highest BCUT2D eigenvalue weighted by Gasteiger charge is 2.43. The van der Waals surface area contributed by atoms with Gasteiger partial charge in [-0.15, -0.1) is 0 Å². The van der Waals surface area contributed by atoms with E-state index >= 15 is 0 Å². The highest BCUT2D eigenvalue weighted by molar-refractivity contribution is 5.83. The zero-order valence-electron chi connectivity index (χ0n) is 11.4. The van der Waals surface area contributed by atoms with Crippen LogP contribution >= 0.6 is 0 Å². The van der Waals surface area contributed by atoms with Crippen LogP contribution in [0.15, 0.2) is 24.3 Å². The average Bonchev–Trinajstić information content (AvgIpc) is 2.40. The number of aryl methyl sites for hydroxylation is 1. The molecule has 1 saturated heterocycles. The van der Waals surface area contributed by atoms with E-state index in [0.29, 0.717) is 0 Å². The lowest BCUT2D eigenvalue weighted by molar-refractivity contribution is -0.149. The summed E-state index contributed by atoms with van der Waals surface area (Å²) in [4.78, 5) is 14.5. The highest BCUT2D eigenvalue weighted by Crippen LogP contribution is 2.36. The van der Waals surface area contributed by atoms with Crippen molar-refractivity contribution in [3.05, 3.63) is 35.4 Å². The fraction of sp³-hybridized carbons (Fsp3) is 0.533. The molecule has 1 heterocycles. The van der Waals surface area contributed by atoms with Crippen LogP contribution in [-0.4, -0.2) is 38.1 Å². The smallest absolute Gasteiger partial charge is 0.316 e. The fourth-order valence-corrected chi connectivity index (χ4v) is 2.68. The van der Waals surface area contributed by atoms with Gasteiger partial charge in [-0.05, 0) is 45.5 Å². The second-order valence-corrected chi connectivity index (χ2v) is 5.24. The maximum absolute atomic E-state index is 12.2. The van der Waals surface area contributed by atoms with Crippen LogP contribution in [0.5, 0.6) is 0 Å². The molecule has 3 heteroatoms. The van der Waals surface area contributed by atoms with Gasteiger partial charge < -0.3 is 9.64 Å². The maximum Gasteiger partial charge on any atom is 0.316 e. The summed E-state index contributed by atoms with van der Waals surface area (Å²) in [6, 6.07) is 8.27. The number of hydrogen-bond donors (Lipinski definition) is 0. The molecule has 0 spiro atoms. The molecule has 18 heavy (non-hydrogen) atoms. The Labute approximate surface area is 109 Å². The van der Waals surface area contributed by atoms with Crippen LogP contribution in [0.4, 0.5) is 0 Å². The topological polar surface area (TPSA) is 29.5 Å². The van der Waals surface area contributed by atoms with Crippen molar-refractivity contribution < 1.29 is 9.53 Å². The first-order valence-electron chi connectivity index (χ1n) is 6.42. The van der Waals surface area contributed by atoms with E-state index < -0.39 is 5.41 Å². The minimum absolute atomic E-state index is 0.0977. The number of nitrogens with zero attached hydrogens (tertiary/aromatic N) is 1. The van der Waals surface area contributed by atoms with Crippen molar-refractivity contribution in [2.75, 3.05) is 27.2 Å². The molecule has 0 bridgehead atoms. The fourth-order valence-electron chi connectivity index (χ4n) is 2.68. The van der Waals surface area contributed by atoms with Crippen LogP contribution in [0.1, 0.15) is 24.0 Å². The molecule has 0 aliphatic carbocycles. The Balaban J connectivity index is 2.36. The summed E-state index contributed by atoms with van der Waals surface area (Å²) in [6.07, 6.45) is 1.67. The van der Waals surface area contributed by atoms with Gasteiger partial charge in [0.2, 0.25) is 0 Å². The van der Waals surface area contributed by atoms with Crippen molar-refractivity contribution in [3.8, 4) is 0 Å². The molecule has 0 N–H and O–H groups in total. The van der Waals surface area contributed by atoms with Crippen LogP contribution in [0.3, 0.4) is 0 Å². The van der Waals surface area contributed by atoms with Crippen LogP contribution < -0.4 is 0 Å². The molecule has 3 nitrogen and oxygen atoms in total. The van der Waals surface area contributed by atoms with E-state index in [9.17, 15) is 4.79 Å². The van der Waals surface area contributed by atoms with Gasteiger partial charge in [0.1, 0.15) is 0 Å². The third kappa shape index (κ3) is 2.27. The molecule has 1 fully saturated rings. The molecule has 2 rings (SSSR count). The van der Waals surface area contributed by atoms with Gasteiger partial charge in [0, 0.05) is 0 Å². The number of hydrogen-bond acceptors (Lipinski definition) is 3. The minimum Gasteiger partial charge on any atom is -0.468 e. The van der Waals surface area contributed by atoms with Crippen molar-refractivity contribution in [2.45, 2.75) is 25.2 Å². The highest BCUT2D eigenvalue weighted by atomic mass is 16.5. The molecule has 1 aliphatic rings. The number of carbonyl (C=O) groups excluding carboxylic acids is 1. The van der Waals surface area contributed by atoms with Crippen LogP contribution in [-0.2, 0) is 14.9 Å². The second kappa shape index (κ2) is 5.11. The predicted octanol–water partition coefficient (Wildman–Crippen LogP) is 2.13. The number of benzene rings is 1. The maximum atomic E-state index is 12.2.